The van der Waals surface area contributed by atoms with Gasteiger partial charge in [-0.25, -0.2) is 0 Å². The number of likely N-dealkylation sites (tertiary alicyclic amines) is 1. The molecule has 0 aromatic heterocycles. The molecule has 1 heterocycles. The molecule has 0 spiro atoms. The predicted octanol–water partition coefficient (Wildman–Crippen LogP) is 3.32. The fraction of sp³-hybridized carbons (Fsp3) is 0.533. The van der Waals surface area contributed by atoms with Gasteiger partial charge in [0.1, 0.15) is 5.75 Å². The van der Waals surface area contributed by atoms with Crippen molar-refractivity contribution in [3.8, 4) is 5.75 Å². The van der Waals surface area contributed by atoms with Gasteiger partial charge in [0.05, 0.1) is 11.6 Å². The zero-order valence-corrected chi connectivity index (χ0v) is 15.5. The lowest BCUT2D eigenvalue weighted by atomic mass is 10.0. The fourth-order valence-corrected chi connectivity index (χ4v) is 4.10. The van der Waals surface area contributed by atoms with Gasteiger partial charge in [-0.05, 0) is 40.9 Å². The molecule has 1 saturated heterocycles. The second kappa shape index (κ2) is 7.61. The highest BCUT2D eigenvalue weighted by atomic mass is 79.9. The molecule has 0 atom stereocenters. The number of piperidine rings is 1. The molecule has 0 unspecified atom stereocenters. The SMILES string of the molecule is COc1c(Br)cc(Br)cc1CNC1CCN(C(C)=O)CC1. The van der Waals surface area contributed by atoms with Crippen molar-refractivity contribution in [2.75, 3.05) is 20.2 Å². The van der Waals surface area contributed by atoms with Crippen LogP contribution in [-0.4, -0.2) is 37.0 Å². The highest BCUT2D eigenvalue weighted by Crippen LogP contribution is 2.32. The lowest BCUT2D eigenvalue weighted by Crippen LogP contribution is -2.43. The molecule has 6 heteroatoms. The summed E-state index contributed by atoms with van der Waals surface area (Å²) in [6, 6.07) is 4.50. The molecular weight excluding hydrogens is 400 g/mol. The minimum atomic E-state index is 0.172. The topological polar surface area (TPSA) is 41.6 Å². The van der Waals surface area contributed by atoms with Crippen molar-refractivity contribution in [1.29, 1.82) is 0 Å². The van der Waals surface area contributed by atoms with Crippen LogP contribution < -0.4 is 10.1 Å². The van der Waals surface area contributed by atoms with E-state index >= 15 is 0 Å². The van der Waals surface area contributed by atoms with Gasteiger partial charge < -0.3 is 15.0 Å². The average Bonchev–Trinajstić information content (AvgIpc) is 2.45. The average molecular weight is 420 g/mol. The van der Waals surface area contributed by atoms with Crippen LogP contribution in [0.2, 0.25) is 0 Å². The molecule has 1 fully saturated rings. The van der Waals surface area contributed by atoms with Crippen molar-refractivity contribution >= 4 is 37.8 Å². The Morgan fingerprint density at radius 2 is 2.05 bits per heavy atom. The van der Waals surface area contributed by atoms with E-state index in [1.54, 1.807) is 14.0 Å². The molecule has 0 aliphatic carbocycles. The monoisotopic (exact) mass is 418 g/mol. The van der Waals surface area contributed by atoms with E-state index in [0.29, 0.717) is 6.04 Å². The summed E-state index contributed by atoms with van der Waals surface area (Å²) in [5.74, 6) is 1.04. The van der Waals surface area contributed by atoms with E-state index in [1.807, 2.05) is 11.0 Å². The van der Waals surface area contributed by atoms with E-state index in [9.17, 15) is 4.79 Å². The second-order valence-corrected chi connectivity index (χ2v) is 7.01. The van der Waals surface area contributed by atoms with Crippen molar-refractivity contribution in [2.45, 2.75) is 32.4 Å². The highest BCUT2D eigenvalue weighted by Gasteiger charge is 2.20. The van der Waals surface area contributed by atoms with Gasteiger partial charge in [0.15, 0.2) is 0 Å². The molecule has 4 nitrogen and oxygen atoms in total. The van der Waals surface area contributed by atoms with E-state index in [1.165, 1.54) is 0 Å². The van der Waals surface area contributed by atoms with E-state index in [0.717, 1.165) is 52.7 Å². The third-order valence-electron chi connectivity index (χ3n) is 3.81. The molecule has 1 amide bonds. The van der Waals surface area contributed by atoms with Gasteiger partial charge in [-0.3, -0.25) is 4.79 Å². The molecule has 116 valence electrons. The lowest BCUT2D eigenvalue weighted by molar-refractivity contribution is -0.129. The van der Waals surface area contributed by atoms with Crippen LogP contribution >= 0.6 is 31.9 Å². The molecule has 21 heavy (non-hydrogen) atoms. The normalized spacial score (nSPS) is 16.1. The van der Waals surface area contributed by atoms with Crippen LogP contribution in [0.3, 0.4) is 0 Å². The number of benzene rings is 1. The van der Waals surface area contributed by atoms with Gasteiger partial charge in [0.25, 0.3) is 0 Å². The first-order valence-electron chi connectivity index (χ1n) is 7.02. The maximum atomic E-state index is 11.3. The molecule has 0 bridgehead atoms. The zero-order chi connectivity index (χ0) is 15.4. The van der Waals surface area contributed by atoms with Crippen molar-refractivity contribution in [3.05, 3.63) is 26.6 Å². The Labute approximate surface area is 142 Å². The fourth-order valence-electron chi connectivity index (χ4n) is 2.63. The maximum Gasteiger partial charge on any atom is 0.219 e. The standard InChI is InChI=1S/C15H20Br2N2O2/c1-10(20)19-5-3-13(4-6-19)18-9-11-7-12(16)8-14(17)15(11)21-2/h7-8,13,18H,3-6,9H2,1-2H3. The van der Waals surface area contributed by atoms with Gasteiger partial charge in [-0.2, -0.15) is 0 Å². The number of nitrogens with zero attached hydrogens (tertiary/aromatic N) is 1. The number of nitrogens with one attached hydrogen (secondary N) is 1. The van der Waals surface area contributed by atoms with Gasteiger partial charge in [-0.15, -0.1) is 0 Å². The van der Waals surface area contributed by atoms with Crippen LogP contribution in [0.15, 0.2) is 21.1 Å². The summed E-state index contributed by atoms with van der Waals surface area (Å²) >= 11 is 7.03. The Kier molecular flexibility index (Phi) is 6.08. The van der Waals surface area contributed by atoms with E-state index < -0.39 is 0 Å². The zero-order valence-electron chi connectivity index (χ0n) is 12.3. The molecule has 0 saturated carbocycles. The Morgan fingerprint density at radius 3 is 2.62 bits per heavy atom. The third kappa shape index (κ3) is 4.44. The summed E-state index contributed by atoms with van der Waals surface area (Å²) in [5, 5.41) is 3.57. The van der Waals surface area contributed by atoms with E-state index in [-0.39, 0.29) is 5.91 Å². The maximum absolute atomic E-state index is 11.3. The number of methoxy groups -OCH3 is 1. The van der Waals surface area contributed by atoms with E-state index in [4.69, 9.17) is 4.74 Å². The van der Waals surface area contributed by atoms with Crippen LogP contribution in [0, 0.1) is 0 Å². The first-order chi connectivity index (χ1) is 10.0. The molecule has 1 aromatic rings. The minimum Gasteiger partial charge on any atom is -0.495 e. The number of hydrogen-bond acceptors (Lipinski definition) is 3. The van der Waals surface area contributed by atoms with Crippen molar-refractivity contribution in [2.24, 2.45) is 0 Å². The van der Waals surface area contributed by atoms with Crippen LogP contribution in [0.4, 0.5) is 0 Å². The molecule has 0 radical (unpaired) electrons. The van der Waals surface area contributed by atoms with Crippen molar-refractivity contribution < 1.29 is 9.53 Å². The number of carbonyl (C=O) groups excluding carboxylic acids is 1. The molecule has 1 N–H and O–H groups in total. The minimum absolute atomic E-state index is 0.172. The summed E-state index contributed by atoms with van der Waals surface area (Å²) < 4.78 is 7.43. The Morgan fingerprint density at radius 1 is 1.38 bits per heavy atom. The van der Waals surface area contributed by atoms with Crippen LogP contribution in [0.25, 0.3) is 0 Å². The number of ether oxygens (including phenoxy) is 1. The molecule has 2 rings (SSSR count). The first kappa shape index (κ1) is 16.8. The first-order valence-corrected chi connectivity index (χ1v) is 8.60. The molecule has 1 aromatic carbocycles. The third-order valence-corrected chi connectivity index (χ3v) is 4.86. The highest BCUT2D eigenvalue weighted by molar-refractivity contribution is 9.11. The molecular formula is C15H20Br2N2O2. The predicted molar refractivity (Wildman–Crippen MR) is 90.5 cm³/mol. The summed E-state index contributed by atoms with van der Waals surface area (Å²) in [6.07, 6.45) is 1.99. The van der Waals surface area contributed by atoms with Gasteiger partial charge in [0.2, 0.25) is 5.91 Å². The number of halogens is 2. The Bertz CT molecular complexity index is 515. The summed E-state index contributed by atoms with van der Waals surface area (Å²) in [7, 11) is 1.68. The Balaban J connectivity index is 1.94. The lowest BCUT2D eigenvalue weighted by Gasteiger charge is -2.32. The Hall–Kier alpha value is -0.590. The summed E-state index contributed by atoms with van der Waals surface area (Å²) in [4.78, 5) is 13.2. The van der Waals surface area contributed by atoms with Crippen LogP contribution in [0.5, 0.6) is 5.75 Å². The number of rotatable bonds is 4. The number of amides is 1. The second-order valence-electron chi connectivity index (χ2n) is 5.24. The summed E-state index contributed by atoms with van der Waals surface area (Å²) in [5.41, 5.74) is 1.12. The van der Waals surface area contributed by atoms with Crippen LogP contribution in [-0.2, 0) is 11.3 Å². The van der Waals surface area contributed by atoms with E-state index in [2.05, 4.69) is 43.2 Å². The largest absolute Gasteiger partial charge is 0.495 e. The molecule has 1 aliphatic heterocycles. The molecule has 1 aliphatic rings. The van der Waals surface area contributed by atoms with Gasteiger partial charge in [-0.1, -0.05) is 15.9 Å². The van der Waals surface area contributed by atoms with Gasteiger partial charge >= 0.3 is 0 Å². The van der Waals surface area contributed by atoms with Crippen molar-refractivity contribution in [3.63, 3.8) is 0 Å². The quantitative estimate of drug-likeness (QED) is 0.813. The number of hydrogen-bond donors (Lipinski definition) is 1. The van der Waals surface area contributed by atoms with Gasteiger partial charge in [0, 0.05) is 42.6 Å². The smallest absolute Gasteiger partial charge is 0.219 e. The van der Waals surface area contributed by atoms with Crippen molar-refractivity contribution in [1.82, 2.24) is 10.2 Å². The van der Waals surface area contributed by atoms with Crippen LogP contribution in [0.1, 0.15) is 25.3 Å². The summed E-state index contributed by atoms with van der Waals surface area (Å²) in [6.45, 7) is 4.07. The number of carbonyl (C=O) groups is 1.